The van der Waals surface area contributed by atoms with E-state index in [4.69, 9.17) is 16.6 Å². The molecule has 1 aliphatic heterocycles. The quantitative estimate of drug-likeness (QED) is 0.712. The number of hydrogen-bond acceptors (Lipinski definition) is 3. The van der Waals surface area contributed by atoms with Crippen LogP contribution in [0.25, 0.3) is 0 Å². The minimum Gasteiger partial charge on any atom is -0.334 e. The highest BCUT2D eigenvalue weighted by molar-refractivity contribution is 14.1. The van der Waals surface area contributed by atoms with E-state index in [0.717, 1.165) is 38.0 Å². The molecular formula is C13H16ClIN2S. The maximum Gasteiger partial charge on any atom is 0.161 e. The second-order valence-corrected chi connectivity index (χ2v) is 7.30. The third-order valence-corrected chi connectivity index (χ3v) is 5.19. The predicted octanol–water partition coefficient (Wildman–Crippen LogP) is 5.02. The molecule has 0 aromatic heterocycles. The van der Waals surface area contributed by atoms with Crippen molar-refractivity contribution in [1.82, 2.24) is 0 Å². The zero-order valence-corrected chi connectivity index (χ0v) is 14.2. The van der Waals surface area contributed by atoms with Crippen molar-refractivity contribution in [3.05, 3.63) is 26.8 Å². The Bertz CT molecular complexity index is 478. The number of benzene rings is 1. The Kier molecular flexibility index (Phi) is 4.83. The molecule has 0 fully saturated rings. The van der Waals surface area contributed by atoms with E-state index in [0.29, 0.717) is 0 Å². The number of rotatable bonds is 2. The standard InChI is InChI=1S/C13H16ClIN2S/c1-3-13(2)6-7-18-12(17-13)16-11-5-4-9(14)8-10(11)15/h4-5,8H,3,6-7H2,1-2H3,(H,16,17). The maximum absolute atomic E-state index is 5.96. The fraction of sp³-hybridized carbons (Fsp3) is 0.462. The minimum absolute atomic E-state index is 0.0887. The van der Waals surface area contributed by atoms with Crippen molar-refractivity contribution in [2.45, 2.75) is 32.2 Å². The SMILES string of the molecule is CCC1(C)CCSC(Nc2ccc(Cl)cc2I)=N1. The Hall–Kier alpha value is 0.0600. The van der Waals surface area contributed by atoms with Gasteiger partial charge in [0.15, 0.2) is 5.17 Å². The van der Waals surface area contributed by atoms with Gasteiger partial charge in [-0.2, -0.15) is 0 Å². The normalized spacial score (nSPS) is 23.7. The van der Waals surface area contributed by atoms with Crippen molar-refractivity contribution in [1.29, 1.82) is 0 Å². The van der Waals surface area contributed by atoms with Crippen molar-refractivity contribution in [2.75, 3.05) is 11.1 Å². The first-order chi connectivity index (χ1) is 8.52. The monoisotopic (exact) mass is 394 g/mol. The van der Waals surface area contributed by atoms with E-state index in [1.165, 1.54) is 0 Å². The number of amidine groups is 1. The molecule has 1 aliphatic rings. The van der Waals surface area contributed by atoms with Crippen LogP contribution < -0.4 is 5.32 Å². The summed E-state index contributed by atoms with van der Waals surface area (Å²) in [6.07, 6.45) is 2.23. The Morgan fingerprint density at radius 2 is 2.33 bits per heavy atom. The number of hydrogen-bond donors (Lipinski definition) is 1. The highest BCUT2D eigenvalue weighted by atomic mass is 127. The summed E-state index contributed by atoms with van der Waals surface area (Å²) in [4.78, 5) is 4.82. The van der Waals surface area contributed by atoms with Crippen molar-refractivity contribution in [3.63, 3.8) is 0 Å². The third kappa shape index (κ3) is 3.54. The fourth-order valence-corrected chi connectivity index (χ4v) is 3.94. The van der Waals surface area contributed by atoms with Gasteiger partial charge in [0.25, 0.3) is 0 Å². The van der Waals surface area contributed by atoms with Gasteiger partial charge in [-0.05, 0) is 60.6 Å². The summed E-state index contributed by atoms with van der Waals surface area (Å²) >= 11 is 10.0. The largest absolute Gasteiger partial charge is 0.334 e. The molecule has 0 aliphatic carbocycles. The molecule has 5 heteroatoms. The molecule has 2 nitrogen and oxygen atoms in total. The van der Waals surface area contributed by atoms with Gasteiger partial charge in [0.05, 0.1) is 11.2 Å². The topological polar surface area (TPSA) is 24.4 Å². The van der Waals surface area contributed by atoms with E-state index in [1.54, 1.807) is 11.8 Å². The molecule has 1 aromatic carbocycles. The van der Waals surface area contributed by atoms with Crippen LogP contribution in [-0.4, -0.2) is 16.5 Å². The summed E-state index contributed by atoms with van der Waals surface area (Å²) in [5.41, 5.74) is 1.16. The van der Waals surface area contributed by atoms with Crippen molar-refractivity contribution in [3.8, 4) is 0 Å². The van der Waals surface area contributed by atoms with Gasteiger partial charge < -0.3 is 5.32 Å². The number of aliphatic imine (C=N–C) groups is 1. The van der Waals surface area contributed by atoms with Crippen LogP contribution in [0.3, 0.4) is 0 Å². The molecule has 0 saturated heterocycles. The number of nitrogens with zero attached hydrogens (tertiary/aromatic N) is 1. The number of anilines is 1. The highest BCUT2D eigenvalue weighted by Crippen LogP contribution is 2.31. The van der Waals surface area contributed by atoms with Crippen LogP contribution in [-0.2, 0) is 0 Å². The average molecular weight is 395 g/mol. The van der Waals surface area contributed by atoms with Crippen molar-refractivity contribution in [2.24, 2.45) is 4.99 Å². The number of thioether (sulfide) groups is 1. The van der Waals surface area contributed by atoms with E-state index in [9.17, 15) is 0 Å². The first-order valence-electron chi connectivity index (χ1n) is 5.97. The lowest BCUT2D eigenvalue weighted by molar-refractivity contribution is 0.443. The Labute approximate surface area is 131 Å². The fourth-order valence-electron chi connectivity index (χ4n) is 1.73. The third-order valence-electron chi connectivity index (χ3n) is 3.19. The second kappa shape index (κ2) is 6.01. The average Bonchev–Trinajstić information content (AvgIpc) is 2.33. The molecule has 1 heterocycles. The lowest BCUT2D eigenvalue weighted by atomic mass is 9.97. The second-order valence-electron chi connectivity index (χ2n) is 4.62. The van der Waals surface area contributed by atoms with Gasteiger partial charge in [0, 0.05) is 14.3 Å². The van der Waals surface area contributed by atoms with Gasteiger partial charge in [-0.15, -0.1) is 0 Å². The van der Waals surface area contributed by atoms with E-state index < -0.39 is 0 Å². The first-order valence-corrected chi connectivity index (χ1v) is 8.41. The van der Waals surface area contributed by atoms with E-state index in [2.05, 4.69) is 41.8 Å². The molecule has 1 aromatic rings. The Morgan fingerprint density at radius 3 is 3.00 bits per heavy atom. The zero-order valence-electron chi connectivity index (χ0n) is 10.5. The molecule has 2 rings (SSSR count). The predicted molar refractivity (Wildman–Crippen MR) is 91.0 cm³/mol. The van der Waals surface area contributed by atoms with Crippen LogP contribution in [0.4, 0.5) is 5.69 Å². The van der Waals surface area contributed by atoms with E-state index >= 15 is 0 Å². The molecule has 0 spiro atoms. The molecule has 0 bridgehead atoms. The minimum atomic E-state index is 0.0887. The summed E-state index contributed by atoms with van der Waals surface area (Å²) in [5.74, 6) is 1.13. The number of halogens is 2. The summed E-state index contributed by atoms with van der Waals surface area (Å²) in [6, 6.07) is 5.86. The summed E-state index contributed by atoms with van der Waals surface area (Å²) in [5, 5.41) is 5.20. The van der Waals surface area contributed by atoms with Gasteiger partial charge in [-0.25, -0.2) is 0 Å². The summed E-state index contributed by atoms with van der Waals surface area (Å²) in [6.45, 7) is 4.42. The molecule has 0 saturated carbocycles. The molecule has 0 amide bonds. The van der Waals surface area contributed by atoms with Gasteiger partial charge in [0.2, 0.25) is 0 Å². The zero-order chi connectivity index (χ0) is 13.2. The van der Waals surface area contributed by atoms with Crippen LogP contribution in [0.5, 0.6) is 0 Å². The molecule has 1 unspecified atom stereocenters. The molecule has 98 valence electrons. The number of nitrogens with one attached hydrogen (secondary N) is 1. The van der Waals surface area contributed by atoms with Gasteiger partial charge in [-0.1, -0.05) is 30.3 Å². The maximum atomic E-state index is 5.96. The molecule has 0 radical (unpaired) electrons. The molecule has 1 atom stereocenters. The van der Waals surface area contributed by atoms with Crippen molar-refractivity contribution < 1.29 is 0 Å². The Balaban J connectivity index is 2.18. The molecular weight excluding hydrogens is 379 g/mol. The van der Waals surface area contributed by atoms with Gasteiger partial charge in [0.1, 0.15) is 0 Å². The Morgan fingerprint density at radius 1 is 1.56 bits per heavy atom. The van der Waals surface area contributed by atoms with Crippen LogP contribution in [0.15, 0.2) is 23.2 Å². The van der Waals surface area contributed by atoms with Gasteiger partial charge in [-0.3, -0.25) is 4.99 Å². The van der Waals surface area contributed by atoms with E-state index in [-0.39, 0.29) is 5.54 Å². The highest BCUT2D eigenvalue weighted by Gasteiger charge is 2.26. The van der Waals surface area contributed by atoms with E-state index in [1.807, 2.05) is 18.2 Å². The lowest BCUT2D eigenvalue weighted by Gasteiger charge is -2.29. The van der Waals surface area contributed by atoms with Gasteiger partial charge >= 0.3 is 0 Å². The van der Waals surface area contributed by atoms with Crippen LogP contribution >= 0.6 is 46.0 Å². The van der Waals surface area contributed by atoms with Crippen molar-refractivity contribution >= 4 is 56.8 Å². The van der Waals surface area contributed by atoms with Crippen LogP contribution in [0.1, 0.15) is 26.7 Å². The summed E-state index contributed by atoms with van der Waals surface area (Å²) < 4.78 is 1.12. The van der Waals surface area contributed by atoms with Crippen LogP contribution in [0.2, 0.25) is 5.02 Å². The molecule has 18 heavy (non-hydrogen) atoms. The first kappa shape index (κ1) is 14.5. The smallest absolute Gasteiger partial charge is 0.161 e. The lowest BCUT2D eigenvalue weighted by Crippen LogP contribution is -2.29. The van der Waals surface area contributed by atoms with Crippen LogP contribution in [0, 0.1) is 3.57 Å². The summed E-state index contributed by atoms with van der Waals surface area (Å²) in [7, 11) is 0. The molecule has 1 N–H and O–H groups in total.